The molecule has 1 heterocycles. The standard InChI is InChI=1S/C15H20ClNO4S/c16-12-1-3-13(4-2-12)20-9-14(19)17-10-15(21-7-6-18)5-8-22-11-15/h1-4,18H,5-11H2,(H,17,19). The Morgan fingerprint density at radius 1 is 1.41 bits per heavy atom. The third-order valence-corrected chi connectivity index (χ3v) is 4.83. The third kappa shape index (κ3) is 5.35. The minimum Gasteiger partial charge on any atom is -0.484 e. The summed E-state index contributed by atoms with van der Waals surface area (Å²) >= 11 is 7.58. The molecule has 0 saturated carbocycles. The maximum absolute atomic E-state index is 11.9. The number of carbonyl (C=O) groups is 1. The lowest BCUT2D eigenvalue weighted by Crippen LogP contribution is -2.46. The number of ether oxygens (including phenoxy) is 2. The minimum absolute atomic E-state index is 0.0138. The molecule has 1 atom stereocenters. The Balaban J connectivity index is 1.75. The van der Waals surface area contributed by atoms with Crippen molar-refractivity contribution in [2.75, 3.05) is 37.9 Å². The molecule has 0 bridgehead atoms. The molecule has 5 nitrogen and oxygen atoms in total. The third-order valence-electron chi connectivity index (χ3n) is 3.36. The fraction of sp³-hybridized carbons (Fsp3) is 0.533. The average molecular weight is 346 g/mol. The maximum Gasteiger partial charge on any atom is 0.258 e. The molecule has 22 heavy (non-hydrogen) atoms. The molecule has 0 aliphatic carbocycles. The number of nitrogens with one attached hydrogen (secondary N) is 1. The second kappa shape index (κ2) is 8.62. The summed E-state index contributed by atoms with van der Waals surface area (Å²) in [5.74, 6) is 2.23. The lowest BCUT2D eigenvalue weighted by atomic mass is 10.0. The van der Waals surface area contributed by atoms with Gasteiger partial charge in [-0.1, -0.05) is 11.6 Å². The number of hydrogen-bond acceptors (Lipinski definition) is 5. The Morgan fingerprint density at radius 3 is 2.82 bits per heavy atom. The van der Waals surface area contributed by atoms with Gasteiger partial charge >= 0.3 is 0 Å². The van der Waals surface area contributed by atoms with E-state index in [1.807, 2.05) is 0 Å². The molecule has 2 N–H and O–H groups in total. The van der Waals surface area contributed by atoms with Gasteiger partial charge < -0.3 is 19.9 Å². The van der Waals surface area contributed by atoms with E-state index in [0.29, 0.717) is 17.3 Å². The highest BCUT2D eigenvalue weighted by molar-refractivity contribution is 7.99. The molecular weight excluding hydrogens is 326 g/mol. The Morgan fingerprint density at radius 2 is 2.18 bits per heavy atom. The second-order valence-electron chi connectivity index (χ2n) is 5.08. The van der Waals surface area contributed by atoms with E-state index < -0.39 is 0 Å². The molecule has 1 amide bonds. The van der Waals surface area contributed by atoms with Crippen molar-refractivity contribution >= 4 is 29.3 Å². The average Bonchev–Trinajstić information content (AvgIpc) is 3.00. The van der Waals surface area contributed by atoms with Gasteiger partial charge in [-0.05, 0) is 36.4 Å². The largest absolute Gasteiger partial charge is 0.484 e. The molecule has 1 aromatic carbocycles. The highest BCUT2D eigenvalue weighted by atomic mass is 35.5. The first-order valence-corrected chi connectivity index (χ1v) is 8.64. The number of rotatable bonds is 8. The molecular formula is C15H20ClNO4S. The van der Waals surface area contributed by atoms with Crippen molar-refractivity contribution in [1.82, 2.24) is 5.32 Å². The van der Waals surface area contributed by atoms with Crippen LogP contribution in [0.25, 0.3) is 0 Å². The summed E-state index contributed by atoms with van der Waals surface area (Å²) < 4.78 is 11.1. The van der Waals surface area contributed by atoms with E-state index in [4.69, 9.17) is 26.2 Å². The summed E-state index contributed by atoms with van der Waals surface area (Å²) in [4.78, 5) is 11.9. The lowest BCUT2D eigenvalue weighted by molar-refractivity contribution is -0.125. The van der Waals surface area contributed by atoms with Crippen molar-refractivity contribution in [2.24, 2.45) is 0 Å². The number of amides is 1. The van der Waals surface area contributed by atoms with Crippen molar-refractivity contribution in [1.29, 1.82) is 0 Å². The highest BCUT2D eigenvalue weighted by Gasteiger charge is 2.35. The number of hydrogen-bond donors (Lipinski definition) is 2. The number of aliphatic hydroxyl groups excluding tert-OH is 1. The van der Waals surface area contributed by atoms with Gasteiger partial charge in [-0.2, -0.15) is 11.8 Å². The fourth-order valence-electron chi connectivity index (χ4n) is 2.15. The monoisotopic (exact) mass is 345 g/mol. The van der Waals surface area contributed by atoms with Gasteiger partial charge in [0.15, 0.2) is 6.61 Å². The van der Waals surface area contributed by atoms with Gasteiger partial charge in [-0.3, -0.25) is 4.79 Å². The van der Waals surface area contributed by atoms with Crippen LogP contribution < -0.4 is 10.1 Å². The molecule has 0 spiro atoms. The van der Waals surface area contributed by atoms with E-state index in [1.54, 1.807) is 36.0 Å². The molecule has 1 aliphatic heterocycles. The normalized spacial score (nSPS) is 20.8. The number of aliphatic hydroxyl groups is 1. The van der Waals surface area contributed by atoms with E-state index in [0.717, 1.165) is 17.9 Å². The molecule has 1 aliphatic rings. The van der Waals surface area contributed by atoms with Crippen molar-refractivity contribution in [3.8, 4) is 5.75 Å². The van der Waals surface area contributed by atoms with Crippen LogP contribution in [0.2, 0.25) is 5.02 Å². The van der Waals surface area contributed by atoms with E-state index >= 15 is 0 Å². The van der Waals surface area contributed by atoms with Crippen molar-refractivity contribution in [3.63, 3.8) is 0 Å². The van der Waals surface area contributed by atoms with Crippen LogP contribution in [-0.2, 0) is 9.53 Å². The van der Waals surface area contributed by atoms with Gasteiger partial charge in [0.1, 0.15) is 5.75 Å². The SMILES string of the molecule is O=C(COc1ccc(Cl)cc1)NCC1(OCCO)CCSC1. The van der Waals surface area contributed by atoms with Crippen LogP contribution in [0.5, 0.6) is 5.75 Å². The van der Waals surface area contributed by atoms with E-state index in [-0.39, 0.29) is 31.3 Å². The van der Waals surface area contributed by atoms with Gasteiger partial charge in [-0.25, -0.2) is 0 Å². The Labute approximate surface area is 139 Å². The summed E-state index contributed by atoms with van der Waals surface area (Å²) in [5, 5.41) is 12.4. The summed E-state index contributed by atoms with van der Waals surface area (Å²) in [6, 6.07) is 6.86. The molecule has 122 valence electrons. The summed E-state index contributed by atoms with van der Waals surface area (Å²) in [5.41, 5.74) is -0.372. The summed E-state index contributed by atoms with van der Waals surface area (Å²) in [7, 11) is 0. The predicted molar refractivity (Wildman–Crippen MR) is 87.7 cm³/mol. The number of carbonyl (C=O) groups excluding carboxylic acids is 1. The van der Waals surface area contributed by atoms with Crippen molar-refractivity contribution in [2.45, 2.75) is 12.0 Å². The first kappa shape index (κ1) is 17.4. The second-order valence-corrected chi connectivity index (χ2v) is 6.62. The van der Waals surface area contributed by atoms with Crippen LogP contribution >= 0.6 is 23.4 Å². The topological polar surface area (TPSA) is 67.8 Å². The zero-order chi connectivity index (χ0) is 15.8. The van der Waals surface area contributed by atoms with Crippen LogP contribution in [0.4, 0.5) is 0 Å². The van der Waals surface area contributed by atoms with Crippen molar-refractivity contribution < 1.29 is 19.4 Å². The van der Waals surface area contributed by atoms with Crippen LogP contribution in [0, 0.1) is 0 Å². The lowest BCUT2D eigenvalue weighted by Gasteiger charge is -2.28. The van der Waals surface area contributed by atoms with E-state index in [1.165, 1.54) is 0 Å². The first-order chi connectivity index (χ1) is 10.6. The van der Waals surface area contributed by atoms with Gasteiger partial charge in [0, 0.05) is 17.3 Å². The maximum atomic E-state index is 11.9. The minimum atomic E-state index is -0.372. The van der Waals surface area contributed by atoms with Crippen LogP contribution in [0.3, 0.4) is 0 Å². The Bertz CT molecular complexity index is 477. The van der Waals surface area contributed by atoms with Crippen LogP contribution in [0.1, 0.15) is 6.42 Å². The zero-order valence-electron chi connectivity index (χ0n) is 12.2. The fourth-order valence-corrected chi connectivity index (χ4v) is 3.63. The Kier molecular flexibility index (Phi) is 6.82. The number of benzene rings is 1. The highest BCUT2D eigenvalue weighted by Crippen LogP contribution is 2.30. The van der Waals surface area contributed by atoms with Gasteiger partial charge in [-0.15, -0.1) is 0 Å². The van der Waals surface area contributed by atoms with E-state index in [9.17, 15) is 4.79 Å². The summed E-state index contributed by atoms with van der Waals surface area (Å²) in [6.45, 7) is 0.658. The molecule has 1 unspecified atom stereocenters. The zero-order valence-corrected chi connectivity index (χ0v) is 13.8. The van der Waals surface area contributed by atoms with Crippen LogP contribution in [0.15, 0.2) is 24.3 Å². The molecule has 1 fully saturated rings. The first-order valence-electron chi connectivity index (χ1n) is 7.11. The molecule has 1 saturated heterocycles. The Hall–Kier alpha value is -0.950. The molecule has 7 heteroatoms. The quantitative estimate of drug-likeness (QED) is 0.751. The van der Waals surface area contributed by atoms with E-state index in [2.05, 4.69) is 5.32 Å². The van der Waals surface area contributed by atoms with Gasteiger partial charge in [0.05, 0.1) is 18.8 Å². The van der Waals surface area contributed by atoms with Gasteiger partial charge in [0.25, 0.3) is 5.91 Å². The molecule has 1 aromatic rings. The summed E-state index contributed by atoms with van der Waals surface area (Å²) in [6.07, 6.45) is 0.871. The number of thioether (sulfide) groups is 1. The van der Waals surface area contributed by atoms with Gasteiger partial charge in [0.2, 0.25) is 0 Å². The molecule has 0 aromatic heterocycles. The predicted octanol–water partition coefficient (Wildman–Crippen LogP) is 1.72. The smallest absolute Gasteiger partial charge is 0.258 e. The molecule has 2 rings (SSSR count). The molecule has 0 radical (unpaired) electrons. The number of halogens is 1. The van der Waals surface area contributed by atoms with Crippen molar-refractivity contribution in [3.05, 3.63) is 29.3 Å². The van der Waals surface area contributed by atoms with Crippen LogP contribution in [-0.4, -0.2) is 54.5 Å².